The zero-order valence-corrected chi connectivity index (χ0v) is 10.9. The standard InChI is InChI=1S/C14H21N3/c1-15-14(9-10-16(2)3)17-11-8-12-6-4-5-7-13(12)17/h4-8,11,14-15H,9-10H2,1-3H3. The number of benzene rings is 1. The van der Waals surface area contributed by atoms with Gasteiger partial charge in [0, 0.05) is 18.3 Å². The Labute approximate surface area is 103 Å². The third-order valence-corrected chi connectivity index (χ3v) is 3.15. The van der Waals surface area contributed by atoms with Crippen LogP contribution >= 0.6 is 0 Å². The van der Waals surface area contributed by atoms with E-state index in [-0.39, 0.29) is 0 Å². The molecule has 2 aromatic rings. The number of rotatable bonds is 5. The summed E-state index contributed by atoms with van der Waals surface area (Å²) in [6.07, 6.45) is 3.63. The maximum absolute atomic E-state index is 3.39. The number of hydrogen-bond acceptors (Lipinski definition) is 2. The molecule has 0 radical (unpaired) electrons. The van der Waals surface area contributed by atoms with Gasteiger partial charge in [-0.3, -0.25) is 0 Å². The van der Waals surface area contributed by atoms with E-state index in [1.807, 2.05) is 7.05 Å². The van der Waals surface area contributed by atoms with Crippen LogP contribution in [0.5, 0.6) is 0 Å². The van der Waals surface area contributed by atoms with Crippen molar-refractivity contribution in [1.82, 2.24) is 14.8 Å². The highest BCUT2D eigenvalue weighted by atomic mass is 15.2. The van der Waals surface area contributed by atoms with E-state index >= 15 is 0 Å². The molecule has 3 nitrogen and oxygen atoms in total. The summed E-state index contributed by atoms with van der Waals surface area (Å²) in [5.41, 5.74) is 1.30. The molecule has 1 N–H and O–H groups in total. The van der Waals surface area contributed by atoms with Crippen molar-refractivity contribution in [2.45, 2.75) is 12.6 Å². The highest BCUT2D eigenvalue weighted by Crippen LogP contribution is 2.20. The van der Waals surface area contributed by atoms with Crippen LogP contribution in [0.15, 0.2) is 36.5 Å². The van der Waals surface area contributed by atoms with Crippen LogP contribution in [0.1, 0.15) is 12.6 Å². The third-order valence-electron chi connectivity index (χ3n) is 3.15. The number of nitrogens with zero attached hydrogens (tertiary/aromatic N) is 2. The van der Waals surface area contributed by atoms with E-state index in [0.29, 0.717) is 6.17 Å². The molecule has 1 aromatic heterocycles. The summed E-state index contributed by atoms with van der Waals surface area (Å²) in [5, 5.41) is 4.69. The fraction of sp³-hybridized carbons (Fsp3) is 0.429. The second-order valence-corrected chi connectivity index (χ2v) is 4.68. The van der Waals surface area contributed by atoms with E-state index in [2.05, 4.69) is 65.4 Å². The smallest absolute Gasteiger partial charge is 0.0849 e. The zero-order chi connectivity index (χ0) is 12.3. The molecule has 0 aliphatic rings. The van der Waals surface area contributed by atoms with E-state index in [4.69, 9.17) is 0 Å². The van der Waals surface area contributed by atoms with Crippen molar-refractivity contribution in [3.8, 4) is 0 Å². The first-order valence-corrected chi connectivity index (χ1v) is 6.10. The van der Waals surface area contributed by atoms with Crippen molar-refractivity contribution in [2.24, 2.45) is 0 Å². The van der Waals surface area contributed by atoms with Crippen LogP contribution in [0.4, 0.5) is 0 Å². The van der Waals surface area contributed by atoms with Gasteiger partial charge in [-0.15, -0.1) is 0 Å². The Balaban J connectivity index is 2.24. The Morgan fingerprint density at radius 1 is 1.24 bits per heavy atom. The molecule has 1 atom stereocenters. The van der Waals surface area contributed by atoms with E-state index in [0.717, 1.165) is 13.0 Å². The molecule has 0 bridgehead atoms. The lowest BCUT2D eigenvalue weighted by Crippen LogP contribution is -2.27. The summed E-state index contributed by atoms with van der Waals surface area (Å²) in [6.45, 7) is 1.08. The van der Waals surface area contributed by atoms with Gasteiger partial charge in [-0.25, -0.2) is 0 Å². The second kappa shape index (κ2) is 5.34. The Morgan fingerprint density at radius 2 is 2.00 bits per heavy atom. The highest BCUT2D eigenvalue weighted by Gasteiger charge is 2.10. The number of nitrogens with one attached hydrogen (secondary N) is 1. The lowest BCUT2D eigenvalue weighted by molar-refractivity contribution is 0.328. The Kier molecular flexibility index (Phi) is 3.82. The first-order valence-electron chi connectivity index (χ1n) is 6.10. The van der Waals surface area contributed by atoms with E-state index in [1.54, 1.807) is 0 Å². The Bertz CT molecular complexity index is 473. The van der Waals surface area contributed by atoms with Gasteiger partial charge in [0.1, 0.15) is 0 Å². The van der Waals surface area contributed by atoms with Crippen molar-refractivity contribution >= 4 is 10.9 Å². The molecule has 0 fully saturated rings. The van der Waals surface area contributed by atoms with Gasteiger partial charge in [0.05, 0.1) is 6.17 Å². The van der Waals surface area contributed by atoms with Crippen molar-refractivity contribution in [1.29, 1.82) is 0 Å². The summed E-state index contributed by atoms with van der Waals surface area (Å²) in [7, 11) is 6.25. The molecule has 0 spiro atoms. The van der Waals surface area contributed by atoms with Crippen LogP contribution < -0.4 is 5.32 Å². The van der Waals surface area contributed by atoms with Gasteiger partial charge in [-0.05, 0) is 45.1 Å². The molecule has 0 amide bonds. The average molecular weight is 231 g/mol. The molecular weight excluding hydrogens is 210 g/mol. The molecule has 17 heavy (non-hydrogen) atoms. The first-order chi connectivity index (χ1) is 8.22. The van der Waals surface area contributed by atoms with Crippen molar-refractivity contribution in [3.05, 3.63) is 36.5 Å². The normalized spacial score (nSPS) is 13.4. The average Bonchev–Trinajstić information content (AvgIpc) is 2.74. The quantitative estimate of drug-likeness (QED) is 0.852. The number of aromatic nitrogens is 1. The first kappa shape index (κ1) is 12.1. The molecular formula is C14H21N3. The molecule has 0 aliphatic heterocycles. The number of hydrogen-bond donors (Lipinski definition) is 1. The minimum absolute atomic E-state index is 0.359. The molecule has 92 valence electrons. The number of para-hydroxylation sites is 1. The van der Waals surface area contributed by atoms with Crippen molar-refractivity contribution < 1.29 is 0 Å². The Morgan fingerprint density at radius 3 is 2.71 bits per heavy atom. The highest BCUT2D eigenvalue weighted by molar-refractivity contribution is 5.80. The molecule has 0 saturated heterocycles. The van der Waals surface area contributed by atoms with Gasteiger partial charge in [0.15, 0.2) is 0 Å². The summed E-state index contributed by atoms with van der Waals surface area (Å²) < 4.78 is 2.32. The maximum Gasteiger partial charge on any atom is 0.0849 e. The van der Waals surface area contributed by atoms with Crippen LogP contribution in [0.2, 0.25) is 0 Å². The Hall–Kier alpha value is -1.32. The topological polar surface area (TPSA) is 20.2 Å². The summed E-state index contributed by atoms with van der Waals surface area (Å²) in [4.78, 5) is 2.22. The monoisotopic (exact) mass is 231 g/mol. The molecule has 0 saturated carbocycles. The van der Waals surface area contributed by atoms with Gasteiger partial charge in [0.2, 0.25) is 0 Å². The minimum Gasteiger partial charge on any atom is -0.331 e. The van der Waals surface area contributed by atoms with Gasteiger partial charge in [-0.2, -0.15) is 0 Å². The van der Waals surface area contributed by atoms with Crippen LogP contribution in [0, 0.1) is 0 Å². The van der Waals surface area contributed by atoms with Crippen LogP contribution in [-0.2, 0) is 0 Å². The zero-order valence-electron chi connectivity index (χ0n) is 10.9. The molecule has 0 aliphatic carbocycles. The van der Waals surface area contributed by atoms with Gasteiger partial charge in [0.25, 0.3) is 0 Å². The fourth-order valence-electron chi connectivity index (χ4n) is 2.18. The predicted octanol–water partition coefficient (Wildman–Crippen LogP) is 2.31. The summed E-state index contributed by atoms with van der Waals surface area (Å²) in [6, 6.07) is 10.7. The third kappa shape index (κ3) is 2.68. The maximum atomic E-state index is 3.39. The summed E-state index contributed by atoms with van der Waals surface area (Å²) in [5.74, 6) is 0. The lowest BCUT2D eigenvalue weighted by Gasteiger charge is -2.21. The molecule has 3 heteroatoms. The van der Waals surface area contributed by atoms with Gasteiger partial charge in [-0.1, -0.05) is 18.2 Å². The fourth-order valence-corrected chi connectivity index (χ4v) is 2.18. The lowest BCUT2D eigenvalue weighted by atomic mass is 10.2. The molecule has 1 aromatic carbocycles. The van der Waals surface area contributed by atoms with E-state index in [9.17, 15) is 0 Å². The summed E-state index contributed by atoms with van der Waals surface area (Å²) >= 11 is 0. The largest absolute Gasteiger partial charge is 0.331 e. The van der Waals surface area contributed by atoms with Crippen molar-refractivity contribution in [2.75, 3.05) is 27.7 Å². The van der Waals surface area contributed by atoms with E-state index in [1.165, 1.54) is 10.9 Å². The SMILES string of the molecule is CNC(CCN(C)C)n1ccc2ccccc21. The molecule has 2 rings (SSSR count). The van der Waals surface area contributed by atoms with E-state index < -0.39 is 0 Å². The van der Waals surface area contributed by atoms with Gasteiger partial charge < -0.3 is 14.8 Å². The second-order valence-electron chi connectivity index (χ2n) is 4.68. The van der Waals surface area contributed by atoms with Gasteiger partial charge >= 0.3 is 0 Å². The van der Waals surface area contributed by atoms with Crippen LogP contribution in [0.25, 0.3) is 10.9 Å². The van der Waals surface area contributed by atoms with Crippen molar-refractivity contribution in [3.63, 3.8) is 0 Å². The molecule has 1 unspecified atom stereocenters. The minimum atomic E-state index is 0.359. The predicted molar refractivity (Wildman–Crippen MR) is 73.2 cm³/mol. The van der Waals surface area contributed by atoms with Crippen LogP contribution in [-0.4, -0.2) is 37.2 Å². The van der Waals surface area contributed by atoms with Crippen LogP contribution in [0.3, 0.4) is 0 Å². The number of fused-ring (bicyclic) bond motifs is 1. The molecule has 1 heterocycles.